The SMILES string of the molecule is CC(C)c1cc(=O)n(CC(=O)N2CCOCC2)cn1. The van der Waals surface area contributed by atoms with Crippen LogP contribution in [0.5, 0.6) is 0 Å². The van der Waals surface area contributed by atoms with Gasteiger partial charge in [-0.1, -0.05) is 13.8 Å². The first-order valence-electron chi connectivity index (χ1n) is 6.50. The van der Waals surface area contributed by atoms with Gasteiger partial charge in [0.25, 0.3) is 5.56 Å². The Kier molecular flexibility index (Phi) is 4.31. The Morgan fingerprint density at radius 1 is 1.42 bits per heavy atom. The van der Waals surface area contributed by atoms with Gasteiger partial charge in [-0.05, 0) is 5.92 Å². The van der Waals surface area contributed by atoms with Gasteiger partial charge in [-0.3, -0.25) is 14.2 Å². The second-order valence-corrected chi connectivity index (χ2v) is 4.93. The molecular weight excluding hydrogens is 246 g/mol. The molecule has 6 nitrogen and oxygen atoms in total. The Morgan fingerprint density at radius 2 is 2.11 bits per heavy atom. The van der Waals surface area contributed by atoms with Gasteiger partial charge in [-0.15, -0.1) is 0 Å². The van der Waals surface area contributed by atoms with Crippen LogP contribution in [0.4, 0.5) is 0 Å². The number of rotatable bonds is 3. The lowest BCUT2D eigenvalue weighted by Crippen LogP contribution is -2.43. The normalized spacial score (nSPS) is 15.8. The summed E-state index contributed by atoms with van der Waals surface area (Å²) in [6.07, 6.45) is 1.45. The molecule has 104 valence electrons. The van der Waals surface area contributed by atoms with Crippen molar-refractivity contribution in [3.63, 3.8) is 0 Å². The van der Waals surface area contributed by atoms with Crippen LogP contribution >= 0.6 is 0 Å². The third-order valence-corrected chi connectivity index (χ3v) is 3.16. The zero-order chi connectivity index (χ0) is 13.8. The Morgan fingerprint density at radius 3 is 2.68 bits per heavy atom. The zero-order valence-electron chi connectivity index (χ0n) is 11.3. The van der Waals surface area contributed by atoms with E-state index in [-0.39, 0.29) is 23.9 Å². The molecule has 0 unspecified atom stereocenters. The first-order chi connectivity index (χ1) is 9.08. The summed E-state index contributed by atoms with van der Waals surface area (Å²) in [6, 6.07) is 1.50. The van der Waals surface area contributed by atoms with Crippen LogP contribution in [0.15, 0.2) is 17.2 Å². The summed E-state index contributed by atoms with van der Waals surface area (Å²) < 4.78 is 6.54. The maximum absolute atomic E-state index is 12.0. The summed E-state index contributed by atoms with van der Waals surface area (Å²) in [5, 5.41) is 0. The standard InChI is InChI=1S/C13H19N3O3/c1-10(2)11-7-12(17)16(9-14-11)8-13(18)15-3-5-19-6-4-15/h7,9-10H,3-6,8H2,1-2H3. The predicted octanol–water partition coefficient (Wildman–Crippen LogP) is 0.226. The van der Waals surface area contributed by atoms with E-state index in [1.165, 1.54) is 17.0 Å². The molecule has 1 fully saturated rings. The number of carbonyl (C=O) groups excluding carboxylic acids is 1. The van der Waals surface area contributed by atoms with E-state index in [0.29, 0.717) is 26.3 Å². The van der Waals surface area contributed by atoms with E-state index in [2.05, 4.69) is 4.98 Å². The van der Waals surface area contributed by atoms with Crippen LogP contribution in [0.3, 0.4) is 0 Å². The van der Waals surface area contributed by atoms with Crippen molar-refractivity contribution in [3.05, 3.63) is 28.4 Å². The molecule has 1 aromatic rings. The first-order valence-corrected chi connectivity index (χ1v) is 6.50. The number of nitrogens with zero attached hydrogens (tertiary/aromatic N) is 3. The van der Waals surface area contributed by atoms with E-state index in [9.17, 15) is 9.59 Å². The molecule has 1 aliphatic rings. The van der Waals surface area contributed by atoms with Crippen molar-refractivity contribution in [2.24, 2.45) is 0 Å². The smallest absolute Gasteiger partial charge is 0.254 e. The van der Waals surface area contributed by atoms with Crippen LogP contribution in [0.25, 0.3) is 0 Å². The maximum Gasteiger partial charge on any atom is 0.254 e. The number of hydrogen-bond acceptors (Lipinski definition) is 4. The van der Waals surface area contributed by atoms with Crippen LogP contribution in [0, 0.1) is 0 Å². The molecule has 0 aromatic carbocycles. The fourth-order valence-corrected chi connectivity index (χ4v) is 1.93. The van der Waals surface area contributed by atoms with Gasteiger partial charge in [0.2, 0.25) is 5.91 Å². The highest BCUT2D eigenvalue weighted by Crippen LogP contribution is 2.07. The van der Waals surface area contributed by atoms with Crippen LogP contribution in [0.2, 0.25) is 0 Å². The van der Waals surface area contributed by atoms with Crippen molar-refractivity contribution in [2.75, 3.05) is 26.3 Å². The average Bonchev–Trinajstić information content (AvgIpc) is 2.41. The Labute approximate surface area is 112 Å². The number of aromatic nitrogens is 2. The molecule has 1 saturated heterocycles. The number of morpholine rings is 1. The van der Waals surface area contributed by atoms with Gasteiger partial charge in [-0.2, -0.15) is 0 Å². The Hall–Kier alpha value is -1.69. The number of carbonyl (C=O) groups is 1. The minimum absolute atomic E-state index is 0.0458. The van der Waals surface area contributed by atoms with E-state index in [1.54, 1.807) is 4.90 Å². The molecule has 1 aromatic heterocycles. The van der Waals surface area contributed by atoms with Crippen molar-refractivity contribution in [3.8, 4) is 0 Å². The minimum atomic E-state index is -0.180. The van der Waals surface area contributed by atoms with Gasteiger partial charge in [0.05, 0.1) is 25.2 Å². The minimum Gasteiger partial charge on any atom is -0.378 e. The van der Waals surface area contributed by atoms with Crippen LogP contribution in [-0.4, -0.2) is 46.7 Å². The van der Waals surface area contributed by atoms with Gasteiger partial charge >= 0.3 is 0 Å². The number of amides is 1. The summed E-state index contributed by atoms with van der Waals surface area (Å²) in [5.74, 6) is 0.141. The van der Waals surface area contributed by atoms with E-state index in [0.717, 1.165) is 5.69 Å². The molecule has 0 N–H and O–H groups in total. The van der Waals surface area contributed by atoms with Crippen molar-refractivity contribution >= 4 is 5.91 Å². The summed E-state index contributed by atoms with van der Waals surface area (Å²) in [6.45, 7) is 6.30. The van der Waals surface area contributed by atoms with Crippen LogP contribution < -0.4 is 5.56 Å². The van der Waals surface area contributed by atoms with Crippen molar-refractivity contribution in [1.82, 2.24) is 14.5 Å². The highest BCUT2D eigenvalue weighted by Gasteiger charge is 2.17. The molecular formula is C13H19N3O3. The van der Waals surface area contributed by atoms with Crippen LogP contribution in [0.1, 0.15) is 25.5 Å². The second kappa shape index (κ2) is 5.97. The zero-order valence-corrected chi connectivity index (χ0v) is 11.3. The third-order valence-electron chi connectivity index (χ3n) is 3.16. The average molecular weight is 265 g/mol. The lowest BCUT2D eigenvalue weighted by atomic mass is 10.1. The van der Waals surface area contributed by atoms with Crippen LogP contribution in [-0.2, 0) is 16.1 Å². The Bertz CT molecular complexity index is 504. The lowest BCUT2D eigenvalue weighted by molar-refractivity contribution is -0.135. The third kappa shape index (κ3) is 3.41. The molecule has 0 saturated carbocycles. The molecule has 2 heterocycles. The highest BCUT2D eigenvalue weighted by molar-refractivity contribution is 5.76. The maximum atomic E-state index is 12.0. The first kappa shape index (κ1) is 13.7. The summed E-state index contributed by atoms with van der Waals surface area (Å²) >= 11 is 0. The summed E-state index contributed by atoms with van der Waals surface area (Å²) in [4.78, 5) is 29.8. The number of hydrogen-bond donors (Lipinski definition) is 0. The van der Waals surface area contributed by atoms with Gasteiger partial charge in [0.1, 0.15) is 6.54 Å². The molecule has 1 amide bonds. The Balaban J connectivity index is 2.06. The van der Waals surface area contributed by atoms with Gasteiger partial charge in [0, 0.05) is 19.2 Å². The quantitative estimate of drug-likeness (QED) is 0.784. The second-order valence-electron chi connectivity index (χ2n) is 4.93. The molecule has 0 bridgehead atoms. The highest BCUT2D eigenvalue weighted by atomic mass is 16.5. The van der Waals surface area contributed by atoms with Gasteiger partial charge in [0.15, 0.2) is 0 Å². The summed E-state index contributed by atoms with van der Waals surface area (Å²) in [7, 11) is 0. The van der Waals surface area contributed by atoms with Gasteiger partial charge < -0.3 is 9.64 Å². The molecule has 0 aliphatic carbocycles. The molecule has 2 rings (SSSR count). The van der Waals surface area contributed by atoms with E-state index in [1.807, 2.05) is 13.8 Å². The molecule has 0 atom stereocenters. The van der Waals surface area contributed by atoms with E-state index >= 15 is 0 Å². The van der Waals surface area contributed by atoms with E-state index < -0.39 is 0 Å². The fraction of sp³-hybridized carbons (Fsp3) is 0.615. The number of ether oxygens (including phenoxy) is 1. The molecule has 1 aliphatic heterocycles. The molecule has 6 heteroatoms. The van der Waals surface area contributed by atoms with Crippen molar-refractivity contribution in [2.45, 2.75) is 26.3 Å². The monoisotopic (exact) mass is 265 g/mol. The fourth-order valence-electron chi connectivity index (χ4n) is 1.93. The molecule has 0 spiro atoms. The molecule has 0 radical (unpaired) electrons. The van der Waals surface area contributed by atoms with Crippen molar-refractivity contribution in [1.29, 1.82) is 0 Å². The summed E-state index contributed by atoms with van der Waals surface area (Å²) in [5.41, 5.74) is 0.570. The van der Waals surface area contributed by atoms with E-state index in [4.69, 9.17) is 4.74 Å². The predicted molar refractivity (Wildman–Crippen MR) is 70.0 cm³/mol. The lowest BCUT2D eigenvalue weighted by Gasteiger charge is -2.27. The molecule has 19 heavy (non-hydrogen) atoms. The van der Waals surface area contributed by atoms with Gasteiger partial charge in [-0.25, -0.2) is 4.98 Å². The van der Waals surface area contributed by atoms with Crippen molar-refractivity contribution < 1.29 is 9.53 Å². The largest absolute Gasteiger partial charge is 0.378 e. The topological polar surface area (TPSA) is 64.4 Å².